The summed E-state index contributed by atoms with van der Waals surface area (Å²) in [4.78, 5) is 14.7. The van der Waals surface area contributed by atoms with E-state index in [9.17, 15) is 4.79 Å². The molecule has 1 aromatic rings. The van der Waals surface area contributed by atoms with Crippen LogP contribution in [0.5, 0.6) is 0 Å². The molecular weight excluding hydrogens is 224 g/mol. The Bertz CT molecular complexity index is 483. The molecule has 2 fully saturated rings. The van der Waals surface area contributed by atoms with E-state index in [1.807, 2.05) is 19.1 Å². The molecule has 0 radical (unpaired) electrons. The van der Waals surface area contributed by atoms with Crippen molar-refractivity contribution in [2.75, 3.05) is 19.6 Å². The van der Waals surface area contributed by atoms with Crippen LogP contribution in [0.4, 0.5) is 0 Å². The highest BCUT2D eigenvalue weighted by molar-refractivity contribution is 5.96. The molecule has 0 bridgehead atoms. The van der Waals surface area contributed by atoms with Crippen LogP contribution in [0, 0.1) is 19.8 Å². The third-order valence-electron chi connectivity index (χ3n) is 4.54. The molecule has 2 atom stereocenters. The van der Waals surface area contributed by atoms with Crippen LogP contribution < -0.4 is 5.32 Å². The lowest BCUT2D eigenvalue weighted by Crippen LogP contribution is -2.39. The Morgan fingerprint density at radius 1 is 1.33 bits per heavy atom. The van der Waals surface area contributed by atoms with Gasteiger partial charge in [0.15, 0.2) is 0 Å². The first-order chi connectivity index (χ1) is 8.68. The van der Waals surface area contributed by atoms with Gasteiger partial charge in [0.05, 0.1) is 0 Å². The Labute approximate surface area is 108 Å². The first kappa shape index (κ1) is 11.7. The van der Waals surface area contributed by atoms with Crippen LogP contribution in [0.1, 0.15) is 27.9 Å². The zero-order valence-electron chi connectivity index (χ0n) is 11.1. The van der Waals surface area contributed by atoms with Crippen molar-refractivity contribution in [3.05, 3.63) is 34.9 Å². The van der Waals surface area contributed by atoms with Crippen LogP contribution in [-0.4, -0.2) is 36.5 Å². The van der Waals surface area contributed by atoms with Crippen LogP contribution in [-0.2, 0) is 0 Å². The number of carbonyl (C=O) groups excluding carboxylic acids is 1. The molecule has 3 heteroatoms. The number of aryl methyl sites for hydroxylation is 1. The number of nitrogens with one attached hydrogen (secondary N) is 1. The predicted octanol–water partition coefficient (Wildman–Crippen LogP) is 1.74. The van der Waals surface area contributed by atoms with Gasteiger partial charge in [-0.05, 0) is 43.4 Å². The summed E-state index contributed by atoms with van der Waals surface area (Å²) >= 11 is 0. The average Bonchev–Trinajstić information content (AvgIpc) is 2.94. The zero-order chi connectivity index (χ0) is 12.7. The fourth-order valence-corrected chi connectivity index (χ4v) is 3.24. The summed E-state index contributed by atoms with van der Waals surface area (Å²) in [6.45, 7) is 7.06. The van der Waals surface area contributed by atoms with E-state index >= 15 is 0 Å². The van der Waals surface area contributed by atoms with Crippen LogP contribution >= 0.6 is 0 Å². The van der Waals surface area contributed by atoms with Crippen molar-refractivity contribution in [3.8, 4) is 0 Å². The molecule has 96 valence electrons. The number of nitrogens with zero attached hydrogens (tertiary/aromatic N) is 1. The monoisotopic (exact) mass is 244 g/mol. The van der Waals surface area contributed by atoms with Crippen LogP contribution in [0.2, 0.25) is 0 Å². The predicted molar refractivity (Wildman–Crippen MR) is 71.7 cm³/mol. The minimum atomic E-state index is 0.215. The number of likely N-dealkylation sites (tertiary alicyclic amines) is 1. The highest BCUT2D eigenvalue weighted by Crippen LogP contribution is 2.29. The molecule has 0 saturated carbocycles. The summed E-state index contributed by atoms with van der Waals surface area (Å²) in [5, 5.41) is 3.39. The number of hydrogen-bond donors (Lipinski definition) is 1. The van der Waals surface area contributed by atoms with Crippen molar-refractivity contribution < 1.29 is 4.79 Å². The summed E-state index contributed by atoms with van der Waals surface area (Å²) in [7, 11) is 0. The Balaban J connectivity index is 1.88. The summed E-state index contributed by atoms with van der Waals surface area (Å²) < 4.78 is 0. The number of carbonyl (C=O) groups is 1. The van der Waals surface area contributed by atoms with Gasteiger partial charge in [-0.25, -0.2) is 0 Å². The molecule has 0 spiro atoms. The summed E-state index contributed by atoms with van der Waals surface area (Å²) in [6, 6.07) is 6.42. The van der Waals surface area contributed by atoms with Gasteiger partial charge in [0.25, 0.3) is 5.91 Å². The Kier molecular flexibility index (Phi) is 2.86. The number of hydrogen-bond acceptors (Lipinski definition) is 2. The topological polar surface area (TPSA) is 32.3 Å². The van der Waals surface area contributed by atoms with Crippen molar-refractivity contribution >= 4 is 5.91 Å². The third-order valence-corrected chi connectivity index (χ3v) is 4.54. The minimum Gasteiger partial charge on any atom is -0.334 e. The van der Waals surface area contributed by atoms with Crippen molar-refractivity contribution in [1.29, 1.82) is 0 Å². The molecule has 1 N–H and O–H groups in total. The van der Waals surface area contributed by atoms with Gasteiger partial charge in [-0.1, -0.05) is 12.1 Å². The lowest BCUT2D eigenvalue weighted by Gasteiger charge is -2.24. The zero-order valence-corrected chi connectivity index (χ0v) is 11.1. The van der Waals surface area contributed by atoms with Crippen molar-refractivity contribution in [2.45, 2.75) is 26.3 Å². The Morgan fingerprint density at radius 3 is 3.00 bits per heavy atom. The van der Waals surface area contributed by atoms with E-state index in [2.05, 4.69) is 23.2 Å². The molecule has 0 unspecified atom stereocenters. The van der Waals surface area contributed by atoms with Gasteiger partial charge in [-0.2, -0.15) is 0 Å². The average molecular weight is 244 g/mol. The van der Waals surface area contributed by atoms with Gasteiger partial charge in [0, 0.05) is 31.2 Å². The van der Waals surface area contributed by atoms with E-state index in [4.69, 9.17) is 0 Å². The second-order valence-corrected chi connectivity index (χ2v) is 5.52. The van der Waals surface area contributed by atoms with Gasteiger partial charge < -0.3 is 10.2 Å². The largest absolute Gasteiger partial charge is 0.334 e. The van der Waals surface area contributed by atoms with Crippen LogP contribution in [0.25, 0.3) is 0 Å². The quantitative estimate of drug-likeness (QED) is 0.816. The number of fused-ring (bicyclic) bond motifs is 1. The van der Waals surface area contributed by atoms with Gasteiger partial charge in [-0.15, -0.1) is 0 Å². The minimum absolute atomic E-state index is 0.215. The smallest absolute Gasteiger partial charge is 0.254 e. The third kappa shape index (κ3) is 1.74. The first-order valence-electron chi connectivity index (χ1n) is 6.76. The normalized spacial score (nSPS) is 26.4. The summed E-state index contributed by atoms with van der Waals surface area (Å²) in [5.41, 5.74) is 3.20. The molecule has 2 heterocycles. The molecular formula is C15H20N2O. The maximum atomic E-state index is 12.7. The van der Waals surface area contributed by atoms with Gasteiger partial charge in [0.1, 0.15) is 0 Å². The molecule has 2 aliphatic rings. The van der Waals surface area contributed by atoms with Gasteiger partial charge in [0.2, 0.25) is 0 Å². The molecule has 18 heavy (non-hydrogen) atoms. The highest BCUT2D eigenvalue weighted by Gasteiger charge is 2.40. The van der Waals surface area contributed by atoms with Crippen LogP contribution in [0.3, 0.4) is 0 Å². The molecule has 3 nitrogen and oxygen atoms in total. The number of rotatable bonds is 1. The van der Waals surface area contributed by atoms with E-state index in [0.717, 1.165) is 37.2 Å². The molecule has 1 aromatic carbocycles. The van der Waals surface area contributed by atoms with Crippen molar-refractivity contribution in [3.63, 3.8) is 0 Å². The van der Waals surface area contributed by atoms with E-state index in [1.54, 1.807) is 0 Å². The standard InChI is InChI=1S/C15H20N2O/c1-10-4-3-5-13(11(10)2)15(18)17-7-6-12-8-16-9-14(12)17/h3-5,12,14,16H,6-9H2,1-2H3/t12-,14+/m0/s1. The molecule has 2 saturated heterocycles. The fourth-order valence-electron chi connectivity index (χ4n) is 3.24. The summed E-state index contributed by atoms with van der Waals surface area (Å²) in [5.74, 6) is 0.881. The number of benzene rings is 1. The molecule has 0 aromatic heterocycles. The van der Waals surface area contributed by atoms with E-state index in [0.29, 0.717) is 12.0 Å². The number of amides is 1. The van der Waals surface area contributed by atoms with Gasteiger partial charge >= 0.3 is 0 Å². The maximum absolute atomic E-state index is 12.7. The molecule has 0 aliphatic carbocycles. The van der Waals surface area contributed by atoms with Crippen molar-refractivity contribution in [1.82, 2.24) is 10.2 Å². The summed E-state index contributed by atoms with van der Waals surface area (Å²) in [6.07, 6.45) is 1.15. The lowest BCUT2D eigenvalue weighted by molar-refractivity contribution is 0.0736. The van der Waals surface area contributed by atoms with Crippen molar-refractivity contribution in [2.24, 2.45) is 5.92 Å². The maximum Gasteiger partial charge on any atom is 0.254 e. The second-order valence-electron chi connectivity index (χ2n) is 5.52. The molecule has 2 aliphatic heterocycles. The first-order valence-corrected chi connectivity index (χ1v) is 6.76. The van der Waals surface area contributed by atoms with Crippen LogP contribution in [0.15, 0.2) is 18.2 Å². The molecule has 3 rings (SSSR count). The van der Waals surface area contributed by atoms with E-state index < -0.39 is 0 Å². The Hall–Kier alpha value is -1.35. The fraction of sp³-hybridized carbons (Fsp3) is 0.533. The highest BCUT2D eigenvalue weighted by atomic mass is 16.2. The van der Waals surface area contributed by atoms with E-state index in [1.165, 1.54) is 5.56 Å². The van der Waals surface area contributed by atoms with E-state index in [-0.39, 0.29) is 5.91 Å². The lowest BCUT2D eigenvalue weighted by atomic mass is 10.0. The van der Waals surface area contributed by atoms with Gasteiger partial charge in [-0.3, -0.25) is 4.79 Å². The molecule has 1 amide bonds. The SMILES string of the molecule is Cc1cccc(C(=O)N2CC[C@H]3CNC[C@H]32)c1C. The Morgan fingerprint density at radius 2 is 2.17 bits per heavy atom. The second kappa shape index (κ2) is 4.39.